The van der Waals surface area contributed by atoms with E-state index >= 15 is 0 Å². The van der Waals surface area contributed by atoms with E-state index in [1.807, 2.05) is 0 Å². The van der Waals surface area contributed by atoms with Gasteiger partial charge in [-0.2, -0.15) is 0 Å². The highest BCUT2D eigenvalue weighted by molar-refractivity contribution is 5.96. The average molecular weight is 641 g/mol. The summed E-state index contributed by atoms with van der Waals surface area (Å²) in [7, 11) is 0. The summed E-state index contributed by atoms with van der Waals surface area (Å²) in [5, 5.41) is 0. The van der Waals surface area contributed by atoms with Gasteiger partial charge >= 0.3 is 0 Å². The highest BCUT2D eigenvalue weighted by atomic mass is 15.1. The van der Waals surface area contributed by atoms with E-state index < -0.39 is 0 Å². The zero-order valence-corrected chi connectivity index (χ0v) is 27.7. The van der Waals surface area contributed by atoms with Gasteiger partial charge in [-0.3, -0.25) is 0 Å². The van der Waals surface area contributed by atoms with Crippen LogP contribution in [-0.2, 0) is 0 Å². The summed E-state index contributed by atoms with van der Waals surface area (Å²) in [5.41, 5.74) is 13.8. The predicted octanol–water partition coefficient (Wildman–Crippen LogP) is 13.6. The molecule has 0 amide bonds. The topological polar surface area (TPSA) is 6.48 Å². The summed E-state index contributed by atoms with van der Waals surface area (Å²) < 4.78 is 0. The normalized spacial score (nSPS) is 10.8. The fourth-order valence-corrected chi connectivity index (χ4v) is 6.78. The van der Waals surface area contributed by atoms with E-state index in [9.17, 15) is 0 Å². The van der Waals surface area contributed by atoms with E-state index in [1.54, 1.807) is 0 Å². The van der Waals surface area contributed by atoms with Gasteiger partial charge in [0.15, 0.2) is 0 Å². The zero-order valence-electron chi connectivity index (χ0n) is 27.7. The van der Waals surface area contributed by atoms with Crippen LogP contribution in [0.3, 0.4) is 0 Å². The van der Waals surface area contributed by atoms with E-state index in [0.29, 0.717) is 0 Å². The molecule has 0 radical (unpaired) electrons. The molecule has 8 aromatic rings. The first kappa shape index (κ1) is 30.7. The van der Waals surface area contributed by atoms with Gasteiger partial charge in [-0.15, -0.1) is 0 Å². The monoisotopic (exact) mass is 640 g/mol. The number of benzene rings is 8. The molecule has 0 atom stereocenters. The average Bonchev–Trinajstić information content (AvgIpc) is 3.20. The molecule has 2 heteroatoms. The summed E-state index contributed by atoms with van der Waals surface area (Å²) in [5.74, 6) is 0. The Hall–Kier alpha value is -6.64. The summed E-state index contributed by atoms with van der Waals surface area (Å²) in [6, 6.07) is 77.6. The van der Waals surface area contributed by atoms with Gasteiger partial charge in [-0.05, 0) is 106 Å². The molecule has 8 rings (SSSR count). The molecule has 0 aliphatic rings. The van der Waals surface area contributed by atoms with E-state index in [4.69, 9.17) is 0 Å². The van der Waals surface area contributed by atoms with E-state index in [-0.39, 0.29) is 0 Å². The second-order valence-corrected chi connectivity index (χ2v) is 12.2. The highest BCUT2D eigenvalue weighted by Gasteiger charge is 2.19. The van der Waals surface area contributed by atoms with Crippen LogP contribution in [0.1, 0.15) is 0 Å². The smallest absolute Gasteiger partial charge is 0.0467 e. The predicted molar refractivity (Wildman–Crippen MR) is 212 cm³/mol. The van der Waals surface area contributed by atoms with Crippen LogP contribution < -0.4 is 9.80 Å². The van der Waals surface area contributed by atoms with Crippen LogP contribution in [0.4, 0.5) is 34.1 Å². The Morgan fingerprint density at radius 1 is 0.220 bits per heavy atom. The van der Waals surface area contributed by atoms with Gasteiger partial charge in [0.2, 0.25) is 0 Å². The number of hydrogen-bond acceptors (Lipinski definition) is 2. The lowest BCUT2D eigenvalue weighted by Crippen LogP contribution is -2.09. The first-order valence-corrected chi connectivity index (χ1v) is 17.0. The van der Waals surface area contributed by atoms with Crippen molar-refractivity contribution in [1.82, 2.24) is 0 Å². The van der Waals surface area contributed by atoms with Crippen molar-refractivity contribution in [3.63, 3.8) is 0 Å². The molecule has 238 valence electrons. The third kappa shape index (κ3) is 6.31. The molecule has 0 unspecified atom stereocenters. The fraction of sp³-hybridized carbons (Fsp3) is 0. The molecule has 0 aliphatic carbocycles. The lowest BCUT2D eigenvalue weighted by molar-refractivity contribution is 1.28. The minimum Gasteiger partial charge on any atom is -0.310 e. The van der Waals surface area contributed by atoms with Crippen molar-refractivity contribution in [2.75, 3.05) is 9.80 Å². The van der Waals surface area contributed by atoms with Crippen molar-refractivity contribution in [1.29, 1.82) is 0 Å². The molecule has 8 aromatic carbocycles. The maximum atomic E-state index is 2.32. The largest absolute Gasteiger partial charge is 0.310 e. The quantitative estimate of drug-likeness (QED) is 0.155. The SMILES string of the molecule is c1ccc(-c2c(-c3cccc(N(c4ccccc4)c4ccccc4)c3)cccc2-c2cccc(N(c3ccccc3)c3ccccc3)c2)cc1. The van der Waals surface area contributed by atoms with Gasteiger partial charge in [0, 0.05) is 34.1 Å². The first-order valence-electron chi connectivity index (χ1n) is 17.0. The number of para-hydroxylation sites is 4. The fourth-order valence-electron chi connectivity index (χ4n) is 6.78. The lowest BCUT2D eigenvalue weighted by atomic mass is 9.87. The van der Waals surface area contributed by atoms with Crippen LogP contribution in [0.15, 0.2) is 218 Å². The van der Waals surface area contributed by atoms with Crippen LogP contribution in [0.25, 0.3) is 33.4 Å². The van der Waals surface area contributed by atoms with Gasteiger partial charge < -0.3 is 9.80 Å². The van der Waals surface area contributed by atoms with Crippen LogP contribution in [0, 0.1) is 0 Å². The molecule has 0 aromatic heterocycles. The van der Waals surface area contributed by atoms with Gasteiger partial charge in [0.25, 0.3) is 0 Å². The maximum Gasteiger partial charge on any atom is 0.0467 e. The van der Waals surface area contributed by atoms with Crippen LogP contribution in [-0.4, -0.2) is 0 Å². The lowest BCUT2D eigenvalue weighted by Gasteiger charge is -2.27. The van der Waals surface area contributed by atoms with E-state index in [2.05, 4.69) is 228 Å². The Balaban J connectivity index is 1.29. The molecule has 0 heterocycles. The molecular weight excluding hydrogens is 605 g/mol. The van der Waals surface area contributed by atoms with Gasteiger partial charge in [-0.1, -0.05) is 146 Å². The number of anilines is 6. The third-order valence-corrected chi connectivity index (χ3v) is 9.02. The number of nitrogens with zero attached hydrogens (tertiary/aromatic N) is 2. The molecular formula is C48H36N2. The molecule has 0 aliphatic heterocycles. The van der Waals surface area contributed by atoms with Gasteiger partial charge in [0.1, 0.15) is 0 Å². The van der Waals surface area contributed by atoms with E-state index in [1.165, 1.54) is 22.3 Å². The van der Waals surface area contributed by atoms with Crippen molar-refractivity contribution in [2.24, 2.45) is 0 Å². The minimum absolute atomic E-state index is 1.10. The Labute approximate surface area is 294 Å². The molecule has 2 nitrogen and oxygen atoms in total. The Morgan fingerprint density at radius 2 is 0.500 bits per heavy atom. The summed E-state index contributed by atoms with van der Waals surface area (Å²) in [4.78, 5) is 4.64. The Bertz CT molecular complexity index is 2080. The molecule has 0 N–H and O–H groups in total. The molecule has 0 saturated carbocycles. The minimum atomic E-state index is 1.10. The van der Waals surface area contributed by atoms with Crippen molar-refractivity contribution < 1.29 is 0 Å². The second-order valence-electron chi connectivity index (χ2n) is 12.2. The molecule has 50 heavy (non-hydrogen) atoms. The summed E-state index contributed by atoms with van der Waals surface area (Å²) >= 11 is 0. The van der Waals surface area contributed by atoms with Crippen molar-refractivity contribution in [3.05, 3.63) is 218 Å². The molecule has 0 bridgehead atoms. The maximum absolute atomic E-state index is 2.32. The van der Waals surface area contributed by atoms with Crippen molar-refractivity contribution in [2.45, 2.75) is 0 Å². The van der Waals surface area contributed by atoms with Crippen LogP contribution in [0.5, 0.6) is 0 Å². The van der Waals surface area contributed by atoms with Crippen molar-refractivity contribution >= 4 is 34.1 Å². The van der Waals surface area contributed by atoms with Gasteiger partial charge in [-0.25, -0.2) is 0 Å². The molecule has 0 spiro atoms. The molecule has 0 fully saturated rings. The van der Waals surface area contributed by atoms with Crippen molar-refractivity contribution in [3.8, 4) is 33.4 Å². The molecule has 0 saturated heterocycles. The Kier molecular flexibility index (Phi) is 8.73. The Morgan fingerprint density at radius 3 is 0.860 bits per heavy atom. The van der Waals surface area contributed by atoms with Crippen LogP contribution >= 0.6 is 0 Å². The number of rotatable bonds is 9. The third-order valence-electron chi connectivity index (χ3n) is 9.02. The summed E-state index contributed by atoms with van der Waals surface area (Å²) in [6.07, 6.45) is 0. The van der Waals surface area contributed by atoms with E-state index in [0.717, 1.165) is 45.3 Å². The summed E-state index contributed by atoms with van der Waals surface area (Å²) in [6.45, 7) is 0. The van der Waals surface area contributed by atoms with Crippen LogP contribution in [0.2, 0.25) is 0 Å². The van der Waals surface area contributed by atoms with Gasteiger partial charge in [0.05, 0.1) is 0 Å². The highest BCUT2D eigenvalue weighted by Crippen LogP contribution is 2.44. The zero-order chi connectivity index (χ0) is 33.5. The first-order chi connectivity index (χ1) is 24.8. The standard InChI is InChI=1S/C48H36N2/c1-6-19-37(20-7-1)48-46(38-21-16-31-44(35-38)49(40-23-8-2-9-24-40)41-25-10-3-11-26-41)33-18-34-47(48)39-22-17-32-45(36-39)50(42-27-12-4-13-28-42)43-29-14-5-15-30-43/h1-36H. The second kappa shape index (κ2) is 14.2. The number of hydrogen-bond donors (Lipinski definition) is 0.